The second-order valence-corrected chi connectivity index (χ2v) is 5.31. The third-order valence-electron chi connectivity index (χ3n) is 2.65. The minimum absolute atomic E-state index is 0. The number of halogens is 2. The van der Waals surface area contributed by atoms with E-state index in [1.807, 2.05) is 6.20 Å². The smallest absolute Gasteiger partial charge is 0.223 e. The molecule has 2 N–H and O–H groups in total. The van der Waals surface area contributed by atoms with E-state index in [1.165, 1.54) is 18.2 Å². The highest BCUT2D eigenvalue weighted by Gasteiger charge is 2.11. The fourth-order valence-corrected chi connectivity index (χ4v) is 2.77. The minimum Gasteiger partial charge on any atom is -0.315 e. The maximum absolute atomic E-state index is 10.9. The fourth-order valence-electron chi connectivity index (χ4n) is 1.87. The van der Waals surface area contributed by atoms with E-state index in [9.17, 15) is 4.79 Å². The average molecular weight is 327 g/mol. The molecule has 5 nitrogen and oxygen atoms in total. The van der Waals surface area contributed by atoms with Crippen molar-refractivity contribution in [3.63, 3.8) is 0 Å². The molecule has 8 heteroatoms. The van der Waals surface area contributed by atoms with Crippen LogP contribution in [0.15, 0.2) is 6.20 Å². The number of hydrogen-bond donors (Lipinski definition) is 2. The van der Waals surface area contributed by atoms with Gasteiger partial charge in [0.05, 0.1) is 0 Å². The van der Waals surface area contributed by atoms with Crippen molar-refractivity contribution in [3.05, 3.63) is 11.1 Å². The molecular weight excluding hydrogens is 307 g/mol. The van der Waals surface area contributed by atoms with Gasteiger partial charge in [0.2, 0.25) is 5.91 Å². The standard InChI is InChI=1S/C11H18N4OS.2ClH/c1-9(16)14-11-13-7-10(17-11)8-15-5-2-3-12-4-6-15;;/h7,12H,2-6,8H2,1H3,(H,13,14,16);2*1H. The summed E-state index contributed by atoms with van der Waals surface area (Å²) in [6.07, 6.45) is 3.05. The van der Waals surface area contributed by atoms with Crippen molar-refractivity contribution in [1.82, 2.24) is 15.2 Å². The summed E-state index contributed by atoms with van der Waals surface area (Å²) in [4.78, 5) is 18.7. The number of anilines is 1. The Bertz CT molecular complexity index is 381. The summed E-state index contributed by atoms with van der Waals surface area (Å²) < 4.78 is 0. The van der Waals surface area contributed by atoms with E-state index in [0.29, 0.717) is 5.13 Å². The lowest BCUT2D eigenvalue weighted by molar-refractivity contribution is -0.114. The van der Waals surface area contributed by atoms with Crippen LogP contribution in [0.2, 0.25) is 0 Å². The third kappa shape index (κ3) is 6.54. The van der Waals surface area contributed by atoms with Crippen molar-refractivity contribution in [1.29, 1.82) is 0 Å². The first kappa shape index (κ1) is 18.6. The molecule has 0 saturated carbocycles. The largest absolute Gasteiger partial charge is 0.315 e. The molecule has 0 unspecified atom stereocenters. The average Bonchev–Trinajstić information content (AvgIpc) is 2.54. The Labute approximate surface area is 130 Å². The molecule has 1 aliphatic heterocycles. The Morgan fingerprint density at radius 3 is 3.00 bits per heavy atom. The SMILES string of the molecule is CC(=O)Nc1ncc(CN2CCCNCC2)s1.Cl.Cl. The molecule has 2 rings (SSSR count). The van der Waals surface area contributed by atoms with Crippen LogP contribution in [0.5, 0.6) is 0 Å². The van der Waals surface area contributed by atoms with E-state index in [-0.39, 0.29) is 30.7 Å². The van der Waals surface area contributed by atoms with E-state index < -0.39 is 0 Å². The Kier molecular flexibility index (Phi) is 9.30. The molecule has 0 bridgehead atoms. The Morgan fingerprint density at radius 2 is 2.26 bits per heavy atom. The van der Waals surface area contributed by atoms with Crippen LogP contribution in [0, 0.1) is 0 Å². The van der Waals surface area contributed by atoms with Gasteiger partial charge < -0.3 is 10.6 Å². The third-order valence-corrected chi connectivity index (χ3v) is 3.55. The van der Waals surface area contributed by atoms with Crippen LogP contribution < -0.4 is 10.6 Å². The number of rotatable bonds is 3. The van der Waals surface area contributed by atoms with Crippen LogP contribution in [0.1, 0.15) is 18.2 Å². The molecule has 0 radical (unpaired) electrons. The van der Waals surface area contributed by atoms with E-state index in [2.05, 4.69) is 20.5 Å². The number of aromatic nitrogens is 1. The highest BCUT2D eigenvalue weighted by molar-refractivity contribution is 7.15. The van der Waals surface area contributed by atoms with Gasteiger partial charge in [-0.25, -0.2) is 4.98 Å². The Hall–Kier alpha value is -0.400. The minimum atomic E-state index is -0.0649. The zero-order valence-electron chi connectivity index (χ0n) is 10.8. The molecule has 1 amide bonds. The summed E-state index contributed by atoms with van der Waals surface area (Å²) in [6, 6.07) is 0. The molecule has 0 atom stereocenters. The van der Waals surface area contributed by atoms with Crippen LogP contribution in [-0.4, -0.2) is 42.0 Å². The van der Waals surface area contributed by atoms with Gasteiger partial charge in [-0.1, -0.05) is 0 Å². The highest BCUT2D eigenvalue weighted by atomic mass is 35.5. The van der Waals surface area contributed by atoms with E-state index in [4.69, 9.17) is 0 Å². The monoisotopic (exact) mass is 326 g/mol. The second kappa shape index (κ2) is 9.50. The molecule has 0 aliphatic carbocycles. The number of hydrogen-bond acceptors (Lipinski definition) is 5. The predicted molar refractivity (Wildman–Crippen MR) is 83.7 cm³/mol. The van der Waals surface area contributed by atoms with Gasteiger partial charge in [0, 0.05) is 37.6 Å². The van der Waals surface area contributed by atoms with Gasteiger partial charge in [0.15, 0.2) is 5.13 Å². The number of thiazole rings is 1. The van der Waals surface area contributed by atoms with Crippen LogP contribution in [0.4, 0.5) is 5.13 Å². The molecule has 19 heavy (non-hydrogen) atoms. The number of carbonyl (C=O) groups excluding carboxylic acids is 1. The van der Waals surface area contributed by atoms with Crippen molar-refractivity contribution in [2.24, 2.45) is 0 Å². The van der Waals surface area contributed by atoms with Gasteiger partial charge in [0.1, 0.15) is 0 Å². The van der Waals surface area contributed by atoms with Crippen molar-refractivity contribution in [3.8, 4) is 0 Å². The number of nitrogens with one attached hydrogen (secondary N) is 2. The lowest BCUT2D eigenvalue weighted by Gasteiger charge is -2.17. The Morgan fingerprint density at radius 1 is 1.47 bits per heavy atom. The first-order chi connectivity index (χ1) is 8.24. The summed E-state index contributed by atoms with van der Waals surface area (Å²) in [6.45, 7) is 6.79. The quantitative estimate of drug-likeness (QED) is 0.888. The van der Waals surface area contributed by atoms with Gasteiger partial charge in [0.25, 0.3) is 0 Å². The fraction of sp³-hybridized carbons (Fsp3) is 0.636. The van der Waals surface area contributed by atoms with Crippen molar-refractivity contribution >= 4 is 47.2 Å². The summed E-state index contributed by atoms with van der Waals surface area (Å²) in [5, 5.41) is 6.79. The van der Waals surface area contributed by atoms with E-state index >= 15 is 0 Å². The lowest BCUT2D eigenvalue weighted by Crippen LogP contribution is -2.27. The summed E-state index contributed by atoms with van der Waals surface area (Å²) in [5.41, 5.74) is 0. The summed E-state index contributed by atoms with van der Waals surface area (Å²) >= 11 is 1.56. The van der Waals surface area contributed by atoms with E-state index in [0.717, 1.165) is 32.7 Å². The maximum Gasteiger partial charge on any atom is 0.223 e. The van der Waals surface area contributed by atoms with Crippen molar-refractivity contribution in [2.75, 3.05) is 31.5 Å². The normalized spacial score (nSPS) is 15.8. The topological polar surface area (TPSA) is 57.3 Å². The number of amides is 1. The van der Waals surface area contributed by atoms with Crippen LogP contribution >= 0.6 is 36.2 Å². The van der Waals surface area contributed by atoms with Gasteiger partial charge in [-0.2, -0.15) is 0 Å². The van der Waals surface area contributed by atoms with Gasteiger partial charge >= 0.3 is 0 Å². The van der Waals surface area contributed by atoms with E-state index in [1.54, 1.807) is 11.3 Å². The molecule has 1 aromatic rings. The molecular formula is C11H20Cl2N4OS. The first-order valence-corrected chi connectivity index (χ1v) is 6.71. The van der Waals surface area contributed by atoms with Crippen LogP contribution in [0.25, 0.3) is 0 Å². The molecule has 0 aromatic carbocycles. The van der Waals surface area contributed by atoms with Crippen LogP contribution in [-0.2, 0) is 11.3 Å². The highest BCUT2D eigenvalue weighted by Crippen LogP contribution is 2.19. The van der Waals surface area contributed by atoms with Gasteiger partial charge in [-0.3, -0.25) is 9.69 Å². The molecule has 1 aromatic heterocycles. The molecule has 2 heterocycles. The van der Waals surface area contributed by atoms with Crippen molar-refractivity contribution in [2.45, 2.75) is 19.9 Å². The zero-order valence-corrected chi connectivity index (χ0v) is 13.3. The molecule has 1 saturated heterocycles. The summed E-state index contributed by atoms with van der Waals surface area (Å²) in [7, 11) is 0. The predicted octanol–water partition coefficient (Wildman–Crippen LogP) is 1.74. The Balaban J connectivity index is 0.00000162. The molecule has 1 fully saturated rings. The zero-order chi connectivity index (χ0) is 12.1. The summed E-state index contributed by atoms with van der Waals surface area (Å²) in [5.74, 6) is -0.0649. The lowest BCUT2D eigenvalue weighted by atomic mass is 10.4. The molecule has 1 aliphatic rings. The molecule has 0 spiro atoms. The molecule has 110 valence electrons. The first-order valence-electron chi connectivity index (χ1n) is 5.89. The second-order valence-electron chi connectivity index (χ2n) is 4.19. The van der Waals surface area contributed by atoms with Crippen molar-refractivity contribution < 1.29 is 4.79 Å². The van der Waals surface area contributed by atoms with Crippen LogP contribution in [0.3, 0.4) is 0 Å². The number of nitrogens with zero attached hydrogens (tertiary/aromatic N) is 2. The van der Waals surface area contributed by atoms with Gasteiger partial charge in [-0.05, 0) is 19.5 Å². The number of carbonyl (C=O) groups is 1. The maximum atomic E-state index is 10.9. The van der Waals surface area contributed by atoms with Gasteiger partial charge in [-0.15, -0.1) is 36.2 Å².